The molecule has 1 aromatic carbocycles. The van der Waals surface area contributed by atoms with E-state index in [0.717, 1.165) is 13.1 Å². The van der Waals surface area contributed by atoms with Crippen LogP contribution in [0.5, 0.6) is 5.75 Å². The number of nitrogen functional groups attached to an aromatic ring is 1. The van der Waals surface area contributed by atoms with Gasteiger partial charge < -0.3 is 20.7 Å². The van der Waals surface area contributed by atoms with Gasteiger partial charge in [0.25, 0.3) is 5.91 Å². The predicted molar refractivity (Wildman–Crippen MR) is 93.0 cm³/mol. The summed E-state index contributed by atoms with van der Waals surface area (Å²) in [7, 11) is 1.49. The molecule has 1 aliphatic rings. The van der Waals surface area contributed by atoms with Crippen molar-refractivity contribution >= 4 is 17.5 Å². The molecule has 3 N–H and O–H groups in total. The van der Waals surface area contributed by atoms with Crippen LogP contribution in [0.4, 0.5) is 5.69 Å². The molecular formula is C17H26N4O3. The highest BCUT2D eigenvalue weighted by Gasteiger charge is 2.22. The summed E-state index contributed by atoms with van der Waals surface area (Å²) in [5.74, 6) is 0.0652. The molecule has 7 nitrogen and oxygen atoms in total. The number of rotatable bonds is 5. The van der Waals surface area contributed by atoms with E-state index in [4.69, 9.17) is 10.5 Å². The molecule has 0 radical (unpaired) electrons. The highest BCUT2D eigenvalue weighted by molar-refractivity contribution is 5.97. The van der Waals surface area contributed by atoms with E-state index in [9.17, 15) is 9.59 Å². The summed E-state index contributed by atoms with van der Waals surface area (Å²) < 4.78 is 5.10. The summed E-state index contributed by atoms with van der Waals surface area (Å²) in [6.07, 6.45) is 0. The number of nitrogens with one attached hydrogen (secondary N) is 1. The first-order valence-corrected chi connectivity index (χ1v) is 8.16. The Morgan fingerprint density at radius 3 is 2.50 bits per heavy atom. The number of anilines is 1. The van der Waals surface area contributed by atoms with Gasteiger partial charge in [0.2, 0.25) is 5.91 Å². The van der Waals surface area contributed by atoms with Crippen LogP contribution in [0.1, 0.15) is 24.2 Å². The molecule has 1 saturated heterocycles. The molecule has 2 rings (SSSR count). The van der Waals surface area contributed by atoms with Gasteiger partial charge in [0.05, 0.1) is 19.3 Å². The third-order valence-corrected chi connectivity index (χ3v) is 4.29. The lowest BCUT2D eigenvalue weighted by molar-refractivity contribution is -0.132. The van der Waals surface area contributed by atoms with Gasteiger partial charge in [-0.05, 0) is 32.0 Å². The molecule has 1 aliphatic heterocycles. The van der Waals surface area contributed by atoms with E-state index in [1.807, 2.05) is 0 Å². The van der Waals surface area contributed by atoms with Crippen LogP contribution in [-0.4, -0.2) is 67.5 Å². The topological polar surface area (TPSA) is 87.9 Å². The summed E-state index contributed by atoms with van der Waals surface area (Å²) in [5.41, 5.74) is 6.61. The number of nitrogens with two attached hydrogens (primary N) is 1. The fourth-order valence-electron chi connectivity index (χ4n) is 2.71. The molecule has 1 aromatic rings. The fraction of sp³-hybridized carbons (Fsp3) is 0.529. The first kappa shape index (κ1) is 18.1. The van der Waals surface area contributed by atoms with E-state index in [1.165, 1.54) is 7.11 Å². The lowest BCUT2D eigenvalue weighted by Crippen LogP contribution is -2.52. The number of hydrogen-bond acceptors (Lipinski definition) is 5. The maximum atomic E-state index is 12.2. The molecule has 0 aliphatic carbocycles. The van der Waals surface area contributed by atoms with Gasteiger partial charge in [-0.2, -0.15) is 0 Å². The van der Waals surface area contributed by atoms with Crippen molar-refractivity contribution in [2.24, 2.45) is 0 Å². The van der Waals surface area contributed by atoms with E-state index in [1.54, 1.807) is 23.1 Å². The maximum Gasteiger partial charge on any atom is 0.251 e. The lowest BCUT2D eigenvalue weighted by atomic mass is 10.1. The van der Waals surface area contributed by atoms with Gasteiger partial charge in [0.15, 0.2) is 0 Å². The van der Waals surface area contributed by atoms with Crippen molar-refractivity contribution in [3.63, 3.8) is 0 Å². The van der Waals surface area contributed by atoms with Crippen molar-refractivity contribution in [1.82, 2.24) is 15.1 Å². The van der Waals surface area contributed by atoms with Crippen LogP contribution in [0.15, 0.2) is 18.2 Å². The summed E-state index contributed by atoms with van der Waals surface area (Å²) in [5, 5.41) is 2.66. The van der Waals surface area contributed by atoms with Crippen molar-refractivity contribution in [3.05, 3.63) is 23.8 Å². The molecule has 0 atom stereocenters. The molecule has 24 heavy (non-hydrogen) atoms. The standard InChI is InChI=1S/C17H26N4O3/c1-12(2)20-6-8-21(9-7-20)16(22)11-19-17(23)13-4-5-14(18)15(10-13)24-3/h4-5,10,12H,6-9,11,18H2,1-3H3,(H,19,23). The minimum absolute atomic E-state index is 0.00674. The Labute approximate surface area is 142 Å². The van der Waals surface area contributed by atoms with Crippen LogP contribution in [0.2, 0.25) is 0 Å². The van der Waals surface area contributed by atoms with Crippen molar-refractivity contribution < 1.29 is 14.3 Å². The summed E-state index contributed by atoms with van der Waals surface area (Å²) >= 11 is 0. The SMILES string of the molecule is COc1cc(C(=O)NCC(=O)N2CCN(C(C)C)CC2)ccc1N. The smallest absolute Gasteiger partial charge is 0.251 e. The van der Waals surface area contributed by atoms with Crippen LogP contribution in [-0.2, 0) is 4.79 Å². The van der Waals surface area contributed by atoms with Gasteiger partial charge in [0, 0.05) is 37.8 Å². The Kier molecular flexibility index (Phi) is 6.03. The van der Waals surface area contributed by atoms with E-state index >= 15 is 0 Å². The highest BCUT2D eigenvalue weighted by Crippen LogP contribution is 2.21. The third-order valence-electron chi connectivity index (χ3n) is 4.29. The average Bonchev–Trinajstić information content (AvgIpc) is 2.59. The van der Waals surface area contributed by atoms with E-state index < -0.39 is 0 Å². The van der Waals surface area contributed by atoms with Gasteiger partial charge >= 0.3 is 0 Å². The van der Waals surface area contributed by atoms with Gasteiger partial charge in [-0.25, -0.2) is 0 Å². The van der Waals surface area contributed by atoms with Gasteiger partial charge in [-0.1, -0.05) is 0 Å². The van der Waals surface area contributed by atoms with Crippen molar-refractivity contribution in [1.29, 1.82) is 0 Å². The number of piperazine rings is 1. The number of benzene rings is 1. The second-order valence-corrected chi connectivity index (χ2v) is 6.15. The zero-order chi connectivity index (χ0) is 17.7. The van der Waals surface area contributed by atoms with Gasteiger partial charge in [-0.15, -0.1) is 0 Å². The quantitative estimate of drug-likeness (QED) is 0.768. The van der Waals surface area contributed by atoms with Crippen LogP contribution >= 0.6 is 0 Å². The minimum Gasteiger partial charge on any atom is -0.495 e. The molecule has 0 spiro atoms. The van der Waals surface area contributed by atoms with Crippen LogP contribution in [0.3, 0.4) is 0 Å². The molecule has 0 aromatic heterocycles. The Morgan fingerprint density at radius 1 is 1.25 bits per heavy atom. The fourth-order valence-corrected chi connectivity index (χ4v) is 2.71. The second kappa shape index (κ2) is 8.01. The monoisotopic (exact) mass is 334 g/mol. The number of ether oxygens (including phenoxy) is 1. The number of methoxy groups -OCH3 is 1. The van der Waals surface area contributed by atoms with E-state index in [-0.39, 0.29) is 18.4 Å². The normalized spacial score (nSPS) is 15.4. The molecule has 1 heterocycles. The van der Waals surface area contributed by atoms with Crippen molar-refractivity contribution in [2.45, 2.75) is 19.9 Å². The van der Waals surface area contributed by atoms with Gasteiger partial charge in [-0.3, -0.25) is 14.5 Å². The summed E-state index contributed by atoms with van der Waals surface area (Å²) in [6.45, 7) is 7.43. The summed E-state index contributed by atoms with van der Waals surface area (Å²) in [4.78, 5) is 28.5. The van der Waals surface area contributed by atoms with Gasteiger partial charge in [0.1, 0.15) is 5.75 Å². The molecule has 0 unspecified atom stereocenters. The Balaban J connectivity index is 1.84. The molecule has 7 heteroatoms. The third kappa shape index (κ3) is 4.38. The number of hydrogen-bond donors (Lipinski definition) is 2. The van der Waals surface area contributed by atoms with Crippen molar-refractivity contribution in [3.8, 4) is 5.75 Å². The van der Waals surface area contributed by atoms with E-state index in [2.05, 4.69) is 24.1 Å². The molecule has 2 amide bonds. The predicted octanol–water partition coefficient (Wildman–Crippen LogP) is 0.560. The van der Waals surface area contributed by atoms with Crippen molar-refractivity contribution in [2.75, 3.05) is 45.6 Å². The minimum atomic E-state index is -0.317. The number of amides is 2. The Morgan fingerprint density at radius 2 is 1.92 bits per heavy atom. The average molecular weight is 334 g/mol. The molecule has 0 bridgehead atoms. The summed E-state index contributed by atoms with van der Waals surface area (Å²) in [6, 6.07) is 5.28. The Hall–Kier alpha value is -2.28. The highest BCUT2D eigenvalue weighted by atomic mass is 16.5. The lowest BCUT2D eigenvalue weighted by Gasteiger charge is -2.36. The maximum absolute atomic E-state index is 12.2. The number of nitrogens with zero attached hydrogens (tertiary/aromatic N) is 2. The first-order chi connectivity index (χ1) is 11.4. The molecule has 0 saturated carbocycles. The largest absolute Gasteiger partial charge is 0.495 e. The zero-order valence-electron chi connectivity index (χ0n) is 14.5. The molecule has 1 fully saturated rings. The van der Waals surface area contributed by atoms with E-state index in [0.29, 0.717) is 36.1 Å². The van der Waals surface area contributed by atoms with Crippen LogP contribution < -0.4 is 15.8 Å². The molecule has 132 valence electrons. The second-order valence-electron chi connectivity index (χ2n) is 6.15. The Bertz CT molecular complexity index is 595. The molecular weight excluding hydrogens is 308 g/mol. The zero-order valence-corrected chi connectivity index (χ0v) is 14.5. The number of carbonyl (C=O) groups is 2. The van der Waals surface area contributed by atoms with Crippen LogP contribution in [0.25, 0.3) is 0 Å². The number of carbonyl (C=O) groups excluding carboxylic acids is 2. The van der Waals surface area contributed by atoms with Crippen LogP contribution in [0, 0.1) is 0 Å². The first-order valence-electron chi connectivity index (χ1n) is 8.16.